The van der Waals surface area contributed by atoms with Crippen LogP contribution in [0.3, 0.4) is 0 Å². The third kappa shape index (κ3) is 8.34. The van der Waals surface area contributed by atoms with Crippen molar-refractivity contribution in [2.45, 2.75) is 52.4 Å². The van der Waals surface area contributed by atoms with Crippen LogP contribution < -0.4 is 9.47 Å². The van der Waals surface area contributed by atoms with Crippen LogP contribution in [0.2, 0.25) is 0 Å². The molecule has 0 aliphatic carbocycles. The topological polar surface area (TPSA) is 31.6 Å². The minimum atomic E-state index is 0.600. The number of rotatable bonds is 14. The number of hydrogen-bond acceptors (Lipinski definition) is 3. The molecule has 0 saturated carbocycles. The second-order valence-corrected chi connectivity index (χ2v) is 8.06. The molecule has 0 aliphatic rings. The van der Waals surface area contributed by atoms with Gasteiger partial charge in [0, 0.05) is 11.1 Å². The number of furan rings is 1. The van der Waals surface area contributed by atoms with E-state index in [0.29, 0.717) is 13.2 Å². The highest BCUT2D eigenvalue weighted by molar-refractivity contribution is 5.65. The fourth-order valence-electron chi connectivity index (χ4n) is 3.38. The van der Waals surface area contributed by atoms with E-state index in [1.165, 1.54) is 25.7 Å². The van der Waals surface area contributed by atoms with Crippen LogP contribution in [0.1, 0.15) is 52.4 Å². The van der Waals surface area contributed by atoms with Gasteiger partial charge in [-0.25, -0.2) is 0 Å². The number of unbranched alkanes of at least 4 members (excludes halogenated alkanes) is 4. The van der Waals surface area contributed by atoms with E-state index in [0.717, 1.165) is 47.0 Å². The summed E-state index contributed by atoms with van der Waals surface area (Å²) >= 11 is 0. The summed E-state index contributed by atoms with van der Waals surface area (Å²) < 4.78 is 17.7. The lowest BCUT2D eigenvalue weighted by molar-refractivity contribution is 0.362. The number of allylic oxidation sites excluding steroid dienone is 2. The molecule has 2 aromatic carbocycles. The fourth-order valence-corrected chi connectivity index (χ4v) is 3.38. The lowest BCUT2D eigenvalue weighted by Gasteiger charge is -2.05. The van der Waals surface area contributed by atoms with Gasteiger partial charge < -0.3 is 13.9 Å². The van der Waals surface area contributed by atoms with Crippen LogP contribution in [0.5, 0.6) is 11.5 Å². The van der Waals surface area contributed by atoms with Crippen LogP contribution in [0.25, 0.3) is 22.6 Å². The van der Waals surface area contributed by atoms with E-state index in [-0.39, 0.29) is 0 Å². The lowest BCUT2D eigenvalue weighted by Crippen LogP contribution is -1.93. The molecular formula is C30H36O3. The quantitative estimate of drug-likeness (QED) is 0.184. The monoisotopic (exact) mass is 444 g/mol. The first-order valence-electron chi connectivity index (χ1n) is 12.2. The van der Waals surface area contributed by atoms with Gasteiger partial charge in [0.05, 0.1) is 0 Å². The zero-order chi connectivity index (χ0) is 23.1. The zero-order valence-corrected chi connectivity index (χ0v) is 20.0. The van der Waals surface area contributed by atoms with Gasteiger partial charge in [0.2, 0.25) is 0 Å². The standard InChI is InChI=1S/C30H36O3/c1-3-5-7-9-11-23-31-27-17-13-25(14-18-27)29-21-22-30(33-29)26-15-19-28(20-16-26)32-24-12-10-8-6-4-2/h9-22H,3-8,23-24H2,1-2H3/b11-9+,12-10+. The first-order chi connectivity index (χ1) is 16.3. The Morgan fingerprint density at radius 1 is 0.576 bits per heavy atom. The molecule has 0 radical (unpaired) electrons. The van der Waals surface area contributed by atoms with Crippen molar-refractivity contribution in [3.8, 4) is 34.1 Å². The van der Waals surface area contributed by atoms with Gasteiger partial charge in [-0.3, -0.25) is 0 Å². The molecule has 0 spiro atoms. The van der Waals surface area contributed by atoms with Gasteiger partial charge in [0.15, 0.2) is 0 Å². The highest BCUT2D eigenvalue weighted by Crippen LogP contribution is 2.30. The van der Waals surface area contributed by atoms with Crippen molar-refractivity contribution in [3.63, 3.8) is 0 Å². The van der Waals surface area contributed by atoms with E-state index < -0.39 is 0 Å². The Morgan fingerprint density at radius 2 is 1.00 bits per heavy atom. The summed E-state index contributed by atoms with van der Waals surface area (Å²) in [5, 5.41) is 0. The van der Waals surface area contributed by atoms with Crippen LogP contribution in [0.4, 0.5) is 0 Å². The summed E-state index contributed by atoms with van der Waals surface area (Å²) in [4.78, 5) is 0. The number of hydrogen-bond donors (Lipinski definition) is 0. The van der Waals surface area contributed by atoms with Gasteiger partial charge in [0.1, 0.15) is 36.2 Å². The van der Waals surface area contributed by atoms with Gasteiger partial charge in [0.25, 0.3) is 0 Å². The van der Waals surface area contributed by atoms with Crippen molar-refractivity contribution in [2.75, 3.05) is 13.2 Å². The summed E-state index contributed by atoms with van der Waals surface area (Å²) in [6.45, 7) is 5.61. The minimum absolute atomic E-state index is 0.600. The molecule has 3 aromatic rings. The normalized spacial score (nSPS) is 11.5. The Kier molecular flexibility index (Phi) is 10.4. The SMILES string of the molecule is CCCC/C=C/COc1ccc(-c2ccc(-c3ccc(OC/C=C/CCCC)cc3)o2)cc1. The van der Waals surface area contributed by atoms with E-state index in [2.05, 4.69) is 38.2 Å². The Morgan fingerprint density at radius 3 is 1.39 bits per heavy atom. The van der Waals surface area contributed by atoms with Gasteiger partial charge in [-0.2, -0.15) is 0 Å². The van der Waals surface area contributed by atoms with Gasteiger partial charge in [-0.05, 0) is 73.5 Å². The number of ether oxygens (including phenoxy) is 2. The molecule has 0 amide bonds. The third-order valence-corrected chi connectivity index (χ3v) is 5.36. The van der Waals surface area contributed by atoms with Crippen LogP contribution >= 0.6 is 0 Å². The van der Waals surface area contributed by atoms with Crippen molar-refractivity contribution in [1.82, 2.24) is 0 Å². The molecule has 0 fully saturated rings. The second-order valence-electron chi connectivity index (χ2n) is 8.06. The molecule has 3 heteroatoms. The molecule has 0 bridgehead atoms. The second kappa shape index (κ2) is 14.1. The van der Waals surface area contributed by atoms with Crippen molar-refractivity contribution < 1.29 is 13.9 Å². The molecular weight excluding hydrogens is 408 g/mol. The zero-order valence-electron chi connectivity index (χ0n) is 20.0. The lowest BCUT2D eigenvalue weighted by atomic mass is 10.1. The average Bonchev–Trinajstić information content (AvgIpc) is 3.35. The van der Waals surface area contributed by atoms with Crippen LogP contribution in [-0.4, -0.2) is 13.2 Å². The largest absolute Gasteiger partial charge is 0.490 e. The first kappa shape index (κ1) is 24.4. The van der Waals surface area contributed by atoms with Crippen molar-refractivity contribution >= 4 is 0 Å². The van der Waals surface area contributed by atoms with Crippen molar-refractivity contribution in [1.29, 1.82) is 0 Å². The number of benzene rings is 2. The highest BCUT2D eigenvalue weighted by atomic mass is 16.5. The molecule has 3 rings (SSSR count). The van der Waals surface area contributed by atoms with Crippen LogP contribution in [-0.2, 0) is 0 Å². The van der Waals surface area contributed by atoms with Gasteiger partial charge in [-0.1, -0.05) is 63.8 Å². The molecule has 0 N–H and O–H groups in total. The van der Waals surface area contributed by atoms with Gasteiger partial charge >= 0.3 is 0 Å². The molecule has 0 saturated heterocycles. The smallest absolute Gasteiger partial charge is 0.134 e. The van der Waals surface area contributed by atoms with E-state index in [1.807, 2.05) is 60.7 Å². The predicted molar refractivity (Wildman–Crippen MR) is 138 cm³/mol. The van der Waals surface area contributed by atoms with E-state index >= 15 is 0 Å². The Labute approximate surface area is 198 Å². The van der Waals surface area contributed by atoms with Gasteiger partial charge in [-0.15, -0.1) is 0 Å². The molecule has 3 nitrogen and oxygen atoms in total. The van der Waals surface area contributed by atoms with Crippen LogP contribution in [0, 0.1) is 0 Å². The first-order valence-corrected chi connectivity index (χ1v) is 12.2. The van der Waals surface area contributed by atoms with E-state index in [1.54, 1.807) is 0 Å². The molecule has 174 valence electrons. The predicted octanol–water partition coefficient (Wildman–Crippen LogP) is 8.86. The molecule has 0 unspecified atom stereocenters. The van der Waals surface area contributed by atoms with Crippen molar-refractivity contribution in [3.05, 3.63) is 85.0 Å². The maximum absolute atomic E-state index is 6.10. The minimum Gasteiger partial charge on any atom is -0.490 e. The average molecular weight is 445 g/mol. The summed E-state index contributed by atoms with van der Waals surface area (Å²) in [5.74, 6) is 3.41. The summed E-state index contributed by atoms with van der Waals surface area (Å²) in [6.07, 6.45) is 15.7. The Bertz CT molecular complexity index is 898. The van der Waals surface area contributed by atoms with E-state index in [4.69, 9.17) is 13.9 Å². The molecule has 1 heterocycles. The molecule has 0 aliphatic heterocycles. The maximum atomic E-state index is 6.10. The summed E-state index contributed by atoms with van der Waals surface area (Å²) in [5.41, 5.74) is 2.06. The maximum Gasteiger partial charge on any atom is 0.134 e. The summed E-state index contributed by atoms with van der Waals surface area (Å²) in [7, 11) is 0. The fraction of sp³-hybridized carbons (Fsp3) is 0.333. The van der Waals surface area contributed by atoms with Crippen molar-refractivity contribution in [2.24, 2.45) is 0 Å². The Hall–Kier alpha value is -3.20. The third-order valence-electron chi connectivity index (χ3n) is 5.36. The molecule has 33 heavy (non-hydrogen) atoms. The molecule has 1 aromatic heterocycles. The Balaban J connectivity index is 1.51. The summed E-state index contributed by atoms with van der Waals surface area (Å²) in [6, 6.07) is 20.1. The molecule has 0 atom stereocenters. The van der Waals surface area contributed by atoms with Crippen LogP contribution in [0.15, 0.2) is 89.4 Å². The van der Waals surface area contributed by atoms with E-state index in [9.17, 15) is 0 Å². The highest BCUT2D eigenvalue weighted by Gasteiger charge is 2.07.